The molecule has 1 aromatic carbocycles. The van der Waals surface area contributed by atoms with Gasteiger partial charge in [0.15, 0.2) is 0 Å². The first-order valence-electron chi connectivity index (χ1n) is 6.55. The Labute approximate surface area is 131 Å². The SMILES string of the molecule is CCc1cc2c(Nc3ccc(OC)c(Cl)c3)ncnc2s1. The molecule has 1 N–H and O–H groups in total. The summed E-state index contributed by atoms with van der Waals surface area (Å²) in [5, 5.41) is 4.89. The van der Waals surface area contributed by atoms with Crippen molar-refractivity contribution in [3.05, 3.63) is 40.5 Å². The number of benzene rings is 1. The van der Waals surface area contributed by atoms with E-state index in [0.29, 0.717) is 10.8 Å². The van der Waals surface area contributed by atoms with Crippen molar-refractivity contribution in [3.63, 3.8) is 0 Å². The predicted molar refractivity (Wildman–Crippen MR) is 88.1 cm³/mol. The number of nitrogens with zero attached hydrogens (tertiary/aromatic N) is 2. The van der Waals surface area contributed by atoms with Crippen LogP contribution in [0.3, 0.4) is 0 Å². The number of fused-ring (bicyclic) bond motifs is 1. The molecule has 2 heterocycles. The molecule has 0 saturated heterocycles. The van der Waals surface area contributed by atoms with Crippen LogP contribution in [0.25, 0.3) is 10.2 Å². The van der Waals surface area contributed by atoms with Crippen molar-refractivity contribution in [1.29, 1.82) is 0 Å². The Balaban J connectivity index is 1.97. The average molecular weight is 320 g/mol. The molecule has 0 aliphatic heterocycles. The smallest absolute Gasteiger partial charge is 0.142 e. The maximum Gasteiger partial charge on any atom is 0.142 e. The Hall–Kier alpha value is -1.85. The third-order valence-corrected chi connectivity index (χ3v) is 4.63. The summed E-state index contributed by atoms with van der Waals surface area (Å²) in [5.74, 6) is 1.44. The zero-order chi connectivity index (χ0) is 14.8. The lowest BCUT2D eigenvalue weighted by Crippen LogP contribution is -1.95. The van der Waals surface area contributed by atoms with Crippen LogP contribution in [0.5, 0.6) is 5.75 Å². The number of ether oxygens (including phenoxy) is 1. The molecule has 0 atom stereocenters. The molecule has 0 radical (unpaired) electrons. The maximum atomic E-state index is 6.14. The van der Waals surface area contributed by atoms with Crippen LogP contribution in [0.1, 0.15) is 11.8 Å². The van der Waals surface area contributed by atoms with Crippen molar-refractivity contribution in [1.82, 2.24) is 9.97 Å². The van der Waals surface area contributed by atoms with Gasteiger partial charge in [0, 0.05) is 10.6 Å². The number of methoxy groups -OCH3 is 1. The lowest BCUT2D eigenvalue weighted by atomic mass is 10.2. The van der Waals surface area contributed by atoms with E-state index in [9.17, 15) is 0 Å². The second-order valence-electron chi connectivity index (χ2n) is 4.48. The molecule has 6 heteroatoms. The zero-order valence-corrected chi connectivity index (χ0v) is 13.3. The normalized spacial score (nSPS) is 10.8. The van der Waals surface area contributed by atoms with Crippen LogP contribution in [-0.2, 0) is 6.42 Å². The van der Waals surface area contributed by atoms with Gasteiger partial charge in [-0.1, -0.05) is 18.5 Å². The monoisotopic (exact) mass is 319 g/mol. The van der Waals surface area contributed by atoms with E-state index < -0.39 is 0 Å². The maximum absolute atomic E-state index is 6.14. The number of hydrogen-bond acceptors (Lipinski definition) is 5. The van der Waals surface area contributed by atoms with Gasteiger partial charge in [0.05, 0.1) is 17.5 Å². The summed E-state index contributed by atoms with van der Waals surface area (Å²) in [7, 11) is 1.60. The van der Waals surface area contributed by atoms with E-state index >= 15 is 0 Å². The molecule has 0 amide bonds. The minimum absolute atomic E-state index is 0.562. The topological polar surface area (TPSA) is 47.0 Å². The highest BCUT2D eigenvalue weighted by Gasteiger charge is 2.09. The summed E-state index contributed by atoms with van der Waals surface area (Å²) < 4.78 is 5.15. The van der Waals surface area contributed by atoms with Crippen molar-refractivity contribution in [2.24, 2.45) is 0 Å². The number of aromatic nitrogens is 2. The van der Waals surface area contributed by atoms with Crippen LogP contribution in [0.4, 0.5) is 11.5 Å². The van der Waals surface area contributed by atoms with Crippen LogP contribution >= 0.6 is 22.9 Å². The fourth-order valence-corrected chi connectivity index (χ4v) is 3.25. The molecule has 0 bridgehead atoms. The quantitative estimate of drug-likeness (QED) is 0.759. The molecule has 0 unspecified atom stereocenters. The first-order chi connectivity index (χ1) is 10.2. The van der Waals surface area contributed by atoms with Gasteiger partial charge in [-0.25, -0.2) is 9.97 Å². The summed E-state index contributed by atoms with van der Waals surface area (Å²) in [6, 6.07) is 7.69. The second kappa shape index (κ2) is 5.87. The van der Waals surface area contributed by atoms with Gasteiger partial charge in [0.2, 0.25) is 0 Å². The van der Waals surface area contributed by atoms with Gasteiger partial charge < -0.3 is 10.1 Å². The molecule has 0 spiro atoms. The van der Waals surface area contributed by atoms with Gasteiger partial charge in [-0.3, -0.25) is 0 Å². The standard InChI is InChI=1S/C15H14ClN3OS/c1-3-10-7-11-14(17-8-18-15(11)21-10)19-9-4-5-13(20-2)12(16)6-9/h4-8H,3H2,1-2H3,(H,17,18,19). The highest BCUT2D eigenvalue weighted by Crippen LogP contribution is 2.32. The summed E-state index contributed by atoms with van der Waals surface area (Å²) in [6.07, 6.45) is 2.57. The van der Waals surface area contributed by atoms with Crippen LogP contribution in [-0.4, -0.2) is 17.1 Å². The molecule has 3 rings (SSSR count). The number of halogens is 1. The number of aryl methyl sites for hydroxylation is 1. The first-order valence-corrected chi connectivity index (χ1v) is 7.74. The van der Waals surface area contributed by atoms with E-state index in [0.717, 1.165) is 28.1 Å². The van der Waals surface area contributed by atoms with E-state index in [1.54, 1.807) is 24.8 Å². The molecule has 0 saturated carbocycles. The first kappa shape index (κ1) is 14.1. The summed E-state index contributed by atoms with van der Waals surface area (Å²) in [5.41, 5.74) is 0.866. The number of rotatable bonds is 4. The van der Waals surface area contributed by atoms with Crippen molar-refractivity contribution in [2.45, 2.75) is 13.3 Å². The summed E-state index contributed by atoms with van der Waals surface area (Å²) in [4.78, 5) is 10.9. The van der Waals surface area contributed by atoms with Gasteiger partial charge in [-0.2, -0.15) is 0 Å². The second-order valence-corrected chi connectivity index (χ2v) is 6.00. The number of hydrogen-bond donors (Lipinski definition) is 1. The van der Waals surface area contributed by atoms with Crippen LogP contribution in [0, 0.1) is 0 Å². The highest BCUT2D eigenvalue weighted by atomic mass is 35.5. The number of nitrogens with one attached hydrogen (secondary N) is 1. The fourth-order valence-electron chi connectivity index (χ4n) is 2.06. The molecule has 3 aromatic rings. The average Bonchev–Trinajstić information content (AvgIpc) is 2.92. The zero-order valence-electron chi connectivity index (χ0n) is 11.7. The molecule has 21 heavy (non-hydrogen) atoms. The van der Waals surface area contributed by atoms with Crippen molar-refractivity contribution >= 4 is 44.7 Å². The minimum atomic E-state index is 0.562. The summed E-state index contributed by atoms with van der Waals surface area (Å²) >= 11 is 7.84. The lowest BCUT2D eigenvalue weighted by molar-refractivity contribution is 0.415. The molecule has 0 aliphatic rings. The van der Waals surface area contributed by atoms with Gasteiger partial charge in [-0.15, -0.1) is 11.3 Å². The molecular formula is C15H14ClN3OS. The third kappa shape index (κ3) is 2.80. The van der Waals surface area contributed by atoms with E-state index in [4.69, 9.17) is 16.3 Å². The molecule has 4 nitrogen and oxygen atoms in total. The van der Waals surface area contributed by atoms with Crippen LogP contribution < -0.4 is 10.1 Å². The highest BCUT2D eigenvalue weighted by molar-refractivity contribution is 7.18. The molecule has 108 valence electrons. The Morgan fingerprint density at radius 2 is 2.14 bits per heavy atom. The molecule has 2 aromatic heterocycles. The minimum Gasteiger partial charge on any atom is -0.495 e. The fraction of sp³-hybridized carbons (Fsp3) is 0.200. The lowest BCUT2D eigenvalue weighted by Gasteiger charge is -2.08. The largest absolute Gasteiger partial charge is 0.495 e. The van der Waals surface area contributed by atoms with Gasteiger partial charge in [0.1, 0.15) is 22.7 Å². The Morgan fingerprint density at radius 3 is 2.86 bits per heavy atom. The van der Waals surface area contributed by atoms with E-state index in [2.05, 4.69) is 28.3 Å². The molecule has 0 fully saturated rings. The van der Waals surface area contributed by atoms with Gasteiger partial charge >= 0.3 is 0 Å². The van der Waals surface area contributed by atoms with Gasteiger partial charge in [-0.05, 0) is 30.7 Å². The summed E-state index contributed by atoms with van der Waals surface area (Å²) in [6.45, 7) is 2.13. The Kier molecular flexibility index (Phi) is 3.94. The van der Waals surface area contributed by atoms with Crippen molar-refractivity contribution < 1.29 is 4.74 Å². The third-order valence-electron chi connectivity index (χ3n) is 3.14. The van der Waals surface area contributed by atoms with E-state index in [1.807, 2.05) is 18.2 Å². The van der Waals surface area contributed by atoms with Gasteiger partial charge in [0.25, 0.3) is 0 Å². The van der Waals surface area contributed by atoms with E-state index in [1.165, 1.54) is 4.88 Å². The molecule has 0 aliphatic carbocycles. The van der Waals surface area contributed by atoms with Crippen molar-refractivity contribution in [3.8, 4) is 5.75 Å². The number of anilines is 2. The van der Waals surface area contributed by atoms with Crippen molar-refractivity contribution in [2.75, 3.05) is 12.4 Å². The number of thiophene rings is 1. The van der Waals surface area contributed by atoms with E-state index in [-0.39, 0.29) is 0 Å². The predicted octanol–water partition coefficient (Wildman–Crippen LogP) is 4.66. The van der Waals surface area contributed by atoms with Crippen LogP contribution in [0.2, 0.25) is 5.02 Å². The Bertz CT molecular complexity index is 788. The Morgan fingerprint density at radius 1 is 1.29 bits per heavy atom. The van der Waals surface area contributed by atoms with Crippen LogP contribution in [0.15, 0.2) is 30.6 Å². The molecular weight excluding hydrogens is 306 g/mol.